The maximum absolute atomic E-state index is 12.0. The summed E-state index contributed by atoms with van der Waals surface area (Å²) < 4.78 is 6.63. The van der Waals surface area contributed by atoms with Gasteiger partial charge in [-0.1, -0.05) is 0 Å². The molecule has 0 aromatic carbocycles. The molecule has 1 aromatic rings. The molecule has 2 rings (SSSR count). The fraction of sp³-hybridized carbons (Fsp3) is 0.545. The quantitative estimate of drug-likeness (QED) is 0.777. The molecule has 0 spiro atoms. The Kier molecular flexibility index (Phi) is 3.33. The number of hydrogen-bond acceptors (Lipinski definition) is 4. The van der Waals surface area contributed by atoms with Gasteiger partial charge in [0.05, 0.1) is 11.8 Å². The molecule has 0 aliphatic carbocycles. The molecule has 1 saturated heterocycles. The third-order valence-corrected chi connectivity index (χ3v) is 3.08. The molecule has 1 aromatic heterocycles. The number of hydrogen-bond donors (Lipinski definition) is 2. The van der Waals surface area contributed by atoms with Crippen LogP contribution in [0.4, 0.5) is 0 Å². The zero-order valence-corrected chi connectivity index (χ0v) is 10.0. The van der Waals surface area contributed by atoms with Crippen LogP contribution < -0.4 is 5.32 Å². The molecule has 0 radical (unpaired) electrons. The summed E-state index contributed by atoms with van der Waals surface area (Å²) in [6.45, 7) is 0.666. The molecule has 1 fully saturated rings. The van der Waals surface area contributed by atoms with Crippen LogP contribution in [-0.2, 0) is 16.6 Å². The van der Waals surface area contributed by atoms with E-state index in [1.54, 1.807) is 13.2 Å². The second kappa shape index (κ2) is 4.77. The summed E-state index contributed by atoms with van der Waals surface area (Å²) in [5.41, 5.74) is -0.879. The summed E-state index contributed by atoms with van der Waals surface area (Å²) in [7, 11) is 1.69. The van der Waals surface area contributed by atoms with Gasteiger partial charge in [-0.3, -0.25) is 9.48 Å². The topological polar surface area (TPSA) is 93.5 Å². The molecular formula is C11H15N3O4. The fourth-order valence-corrected chi connectivity index (χ4v) is 1.94. The summed E-state index contributed by atoms with van der Waals surface area (Å²) in [4.78, 5) is 23.3. The van der Waals surface area contributed by atoms with Crippen molar-refractivity contribution < 1.29 is 19.4 Å². The highest BCUT2D eigenvalue weighted by atomic mass is 16.5. The van der Waals surface area contributed by atoms with Gasteiger partial charge < -0.3 is 15.2 Å². The lowest BCUT2D eigenvalue weighted by Gasteiger charge is -2.33. The van der Waals surface area contributed by atoms with Crippen LogP contribution in [0.1, 0.15) is 23.2 Å². The number of nitrogens with one attached hydrogen (secondary N) is 1. The highest BCUT2D eigenvalue weighted by molar-refractivity contribution is 5.97. The van der Waals surface area contributed by atoms with Gasteiger partial charge in [-0.15, -0.1) is 0 Å². The average molecular weight is 253 g/mol. The molecule has 2 heterocycles. The van der Waals surface area contributed by atoms with Crippen LogP contribution >= 0.6 is 0 Å². The molecule has 0 bridgehead atoms. The minimum absolute atomic E-state index is 0.272. The molecule has 7 heteroatoms. The first kappa shape index (κ1) is 12.6. The zero-order chi connectivity index (χ0) is 13.2. The van der Waals surface area contributed by atoms with Crippen LogP contribution in [0.3, 0.4) is 0 Å². The van der Waals surface area contributed by atoms with E-state index in [0.29, 0.717) is 18.8 Å². The summed E-state index contributed by atoms with van der Waals surface area (Å²) in [6, 6.07) is 0. The first-order valence-corrected chi connectivity index (χ1v) is 5.66. The number of aliphatic carboxylic acids is 1. The lowest BCUT2D eigenvalue weighted by molar-refractivity contribution is -0.148. The van der Waals surface area contributed by atoms with Crippen molar-refractivity contribution in [2.24, 2.45) is 7.05 Å². The number of ether oxygens (including phenoxy) is 1. The van der Waals surface area contributed by atoms with Gasteiger partial charge in [-0.25, -0.2) is 4.79 Å². The smallest absolute Gasteiger partial charge is 0.329 e. The highest BCUT2D eigenvalue weighted by Gasteiger charge is 2.41. The number of amides is 1. The minimum atomic E-state index is -1.23. The number of rotatable bonds is 3. The predicted molar refractivity (Wildman–Crippen MR) is 61.1 cm³/mol. The Bertz CT molecular complexity index is 463. The van der Waals surface area contributed by atoms with Gasteiger partial charge in [-0.2, -0.15) is 5.10 Å². The number of aromatic nitrogens is 2. The first-order chi connectivity index (χ1) is 8.53. The van der Waals surface area contributed by atoms with Crippen molar-refractivity contribution >= 4 is 11.9 Å². The van der Waals surface area contributed by atoms with Crippen LogP contribution in [0.25, 0.3) is 0 Å². The van der Waals surface area contributed by atoms with Gasteiger partial charge in [-0.05, 0) is 0 Å². The van der Waals surface area contributed by atoms with Crippen molar-refractivity contribution in [3.8, 4) is 0 Å². The summed E-state index contributed by atoms with van der Waals surface area (Å²) in [5.74, 6) is -1.45. The Morgan fingerprint density at radius 1 is 1.50 bits per heavy atom. The highest BCUT2D eigenvalue weighted by Crippen LogP contribution is 2.21. The summed E-state index contributed by atoms with van der Waals surface area (Å²) in [6.07, 6.45) is 3.50. The van der Waals surface area contributed by atoms with E-state index >= 15 is 0 Å². The van der Waals surface area contributed by atoms with Crippen LogP contribution in [0.2, 0.25) is 0 Å². The normalized spacial score (nSPS) is 18.3. The van der Waals surface area contributed by atoms with Crippen LogP contribution in [-0.4, -0.2) is 45.5 Å². The predicted octanol–water partition coefficient (Wildman–Crippen LogP) is -0.216. The molecule has 1 amide bonds. The van der Waals surface area contributed by atoms with Crippen molar-refractivity contribution in [1.29, 1.82) is 0 Å². The van der Waals surface area contributed by atoms with E-state index in [1.807, 2.05) is 0 Å². The van der Waals surface area contributed by atoms with Gasteiger partial charge in [0, 0.05) is 39.3 Å². The standard InChI is InChI=1S/C11H15N3O4/c1-14-7-8(6-12-14)9(15)13-11(10(16)17)2-4-18-5-3-11/h6-7H,2-5H2,1H3,(H,13,15)(H,16,17). The van der Waals surface area contributed by atoms with E-state index < -0.39 is 17.4 Å². The number of aryl methyl sites for hydroxylation is 1. The van der Waals surface area contributed by atoms with Crippen LogP contribution in [0.15, 0.2) is 12.4 Å². The molecule has 0 saturated carbocycles. The maximum atomic E-state index is 12.0. The van der Waals surface area contributed by atoms with Crippen molar-refractivity contribution in [2.75, 3.05) is 13.2 Å². The third-order valence-electron chi connectivity index (χ3n) is 3.08. The molecule has 18 heavy (non-hydrogen) atoms. The molecule has 0 atom stereocenters. The number of carboxylic acid groups (broad SMARTS) is 1. The molecule has 1 aliphatic rings. The van der Waals surface area contributed by atoms with Gasteiger partial charge in [0.2, 0.25) is 0 Å². The molecular weight excluding hydrogens is 238 g/mol. The van der Waals surface area contributed by atoms with Crippen LogP contribution in [0, 0.1) is 0 Å². The Hall–Kier alpha value is -1.89. The second-order valence-corrected chi connectivity index (χ2v) is 4.36. The minimum Gasteiger partial charge on any atom is -0.480 e. The van der Waals surface area contributed by atoms with Gasteiger partial charge in [0.1, 0.15) is 5.54 Å². The zero-order valence-electron chi connectivity index (χ0n) is 10.0. The van der Waals surface area contributed by atoms with Gasteiger partial charge in [0.15, 0.2) is 0 Å². The van der Waals surface area contributed by atoms with E-state index in [9.17, 15) is 14.7 Å². The monoisotopic (exact) mass is 253 g/mol. The van der Waals surface area contributed by atoms with E-state index in [-0.39, 0.29) is 12.8 Å². The van der Waals surface area contributed by atoms with E-state index in [2.05, 4.69) is 10.4 Å². The number of carbonyl (C=O) groups excluding carboxylic acids is 1. The lowest BCUT2D eigenvalue weighted by atomic mass is 9.90. The molecule has 1 aliphatic heterocycles. The fourth-order valence-electron chi connectivity index (χ4n) is 1.94. The Labute approximate surface area is 104 Å². The number of carbonyl (C=O) groups is 2. The Morgan fingerprint density at radius 3 is 2.67 bits per heavy atom. The van der Waals surface area contributed by atoms with Crippen molar-refractivity contribution in [1.82, 2.24) is 15.1 Å². The van der Waals surface area contributed by atoms with Crippen LogP contribution in [0.5, 0.6) is 0 Å². The number of carboxylic acids is 1. The van der Waals surface area contributed by atoms with Gasteiger partial charge in [0.25, 0.3) is 5.91 Å². The van der Waals surface area contributed by atoms with Gasteiger partial charge >= 0.3 is 5.97 Å². The molecule has 2 N–H and O–H groups in total. The average Bonchev–Trinajstić information content (AvgIpc) is 2.77. The molecule has 0 unspecified atom stereocenters. The Balaban J connectivity index is 2.14. The van der Waals surface area contributed by atoms with E-state index in [1.165, 1.54) is 10.9 Å². The lowest BCUT2D eigenvalue weighted by Crippen LogP contribution is -2.57. The molecule has 7 nitrogen and oxygen atoms in total. The largest absolute Gasteiger partial charge is 0.480 e. The van der Waals surface area contributed by atoms with Crippen molar-refractivity contribution in [2.45, 2.75) is 18.4 Å². The number of nitrogens with zero attached hydrogens (tertiary/aromatic N) is 2. The van der Waals surface area contributed by atoms with E-state index in [4.69, 9.17) is 4.74 Å². The molecule has 98 valence electrons. The maximum Gasteiger partial charge on any atom is 0.329 e. The van der Waals surface area contributed by atoms with Crippen molar-refractivity contribution in [3.63, 3.8) is 0 Å². The Morgan fingerprint density at radius 2 is 2.17 bits per heavy atom. The van der Waals surface area contributed by atoms with Crippen molar-refractivity contribution in [3.05, 3.63) is 18.0 Å². The summed E-state index contributed by atoms with van der Waals surface area (Å²) in [5, 5.41) is 15.8. The first-order valence-electron chi connectivity index (χ1n) is 5.66. The van der Waals surface area contributed by atoms with E-state index in [0.717, 1.165) is 0 Å². The third kappa shape index (κ3) is 2.35. The summed E-state index contributed by atoms with van der Waals surface area (Å²) >= 11 is 0. The SMILES string of the molecule is Cn1cc(C(=O)NC2(C(=O)O)CCOCC2)cn1. The second-order valence-electron chi connectivity index (χ2n) is 4.36.